The molecule has 0 bridgehead atoms. The molecule has 0 aliphatic carbocycles. The van der Waals surface area contributed by atoms with Gasteiger partial charge in [0, 0.05) is 48.1 Å². The maximum atomic E-state index is 4.99. The third-order valence-electron chi connectivity index (χ3n) is 5.59. The molecule has 0 unspecified atom stereocenters. The Morgan fingerprint density at radius 3 is 2.77 bits per heavy atom. The van der Waals surface area contributed by atoms with Gasteiger partial charge in [-0.1, -0.05) is 0 Å². The number of aromatic nitrogens is 5. The largest absolute Gasteiger partial charge is 0.349 e. The number of aromatic amines is 1. The summed E-state index contributed by atoms with van der Waals surface area (Å²) < 4.78 is 2.12. The van der Waals surface area contributed by atoms with Crippen molar-refractivity contribution in [3.05, 3.63) is 42.7 Å². The second-order valence-electron chi connectivity index (χ2n) is 7.30. The Labute approximate surface area is 151 Å². The third-order valence-corrected chi connectivity index (χ3v) is 5.59. The first-order valence-electron chi connectivity index (χ1n) is 9.13. The highest BCUT2D eigenvalue weighted by Crippen LogP contribution is 2.34. The normalized spacial score (nSPS) is 16.7. The molecule has 5 rings (SSSR count). The fourth-order valence-electron chi connectivity index (χ4n) is 4.06. The molecule has 1 N–H and O–H groups in total. The van der Waals surface area contributed by atoms with E-state index in [9.17, 15) is 0 Å². The number of hydrogen-bond acceptors (Lipinski definition) is 4. The lowest BCUT2D eigenvalue weighted by atomic mass is 9.96. The Hall–Kier alpha value is -2.73. The van der Waals surface area contributed by atoms with Crippen molar-refractivity contribution in [2.45, 2.75) is 18.8 Å². The maximum Gasteiger partial charge on any atom is 0.157 e. The van der Waals surface area contributed by atoms with Gasteiger partial charge >= 0.3 is 0 Å². The van der Waals surface area contributed by atoms with Crippen molar-refractivity contribution >= 4 is 22.1 Å². The van der Waals surface area contributed by atoms with E-state index in [-0.39, 0.29) is 0 Å². The molecule has 1 aliphatic heterocycles. The number of hydrogen-bond donors (Lipinski definition) is 1. The summed E-state index contributed by atoms with van der Waals surface area (Å²) in [5.41, 5.74) is 5.27. The summed E-state index contributed by atoms with van der Waals surface area (Å²) in [6.07, 6.45) is 10.1. The van der Waals surface area contributed by atoms with Crippen LogP contribution in [-0.2, 0) is 7.05 Å². The van der Waals surface area contributed by atoms with E-state index >= 15 is 0 Å². The van der Waals surface area contributed by atoms with Crippen LogP contribution in [0.4, 0.5) is 0 Å². The fourth-order valence-corrected chi connectivity index (χ4v) is 4.06. The number of nitrogens with zero attached hydrogens (tertiary/aromatic N) is 5. The average Bonchev–Trinajstić information content (AvgIpc) is 3.24. The highest BCUT2D eigenvalue weighted by atomic mass is 15.1. The molecule has 1 fully saturated rings. The van der Waals surface area contributed by atoms with E-state index in [1.165, 1.54) is 10.9 Å². The van der Waals surface area contributed by atoms with Crippen LogP contribution in [0.1, 0.15) is 24.6 Å². The summed E-state index contributed by atoms with van der Waals surface area (Å²) in [5.74, 6) is 1.57. The number of fused-ring (bicyclic) bond motifs is 2. The van der Waals surface area contributed by atoms with Crippen molar-refractivity contribution in [1.29, 1.82) is 0 Å². The topological polar surface area (TPSA) is 62.6 Å². The van der Waals surface area contributed by atoms with E-state index < -0.39 is 0 Å². The van der Waals surface area contributed by atoms with Crippen molar-refractivity contribution in [2.24, 2.45) is 7.05 Å². The number of likely N-dealkylation sites (tertiary alicyclic amines) is 1. The van der Waals surface area contributed by atoms with E-state index in [0.717, 1.165) is 54.0 Å². The summed E-state index contributed by atoms with van der Waals surface area (Å²) in [6, 6.07) is 4.14. The van der Waals surface area contributed by atoms with Crippen LogP contribution in [0.2, 0.25) is 0 Å². The Balaban J connectivity index is 1.64. The summed E-state index contributed by atoms with van der Waals surface area (Å²) in [4.78, 5) is 19.7. The molecule has 0 spiro atoms. The molecule has 6 heteroatoms. The first-order valence-corrected chi connectivity index (χ1v) is 9.13. The molecule has 0 amide bonds. The van der Waals surface area contributed by atoms with Crippen molar-refractivity contribution in [3.8, 4) is 11.1 Å². The quantitative estimate of drug-likeness (QED) is 0.605. The van der Waals surface area contributed by atoms with Crippen molar-refractivity contribution < 1.29 is 0 Å². The van der Waals surface area contributed by atoms with Crippen LogP contribution in [0.3, 0.4) is 0 Å². The van der Waals surface area contributed by atoms with Gasteiger partial charge in [0.25, 0.3) is 0 Å². The molecule has 4 aromatic rings. The molecule has 4 aromatic heterocycles. The highest BCUT2D eigenvalue weighted by Gasteiger charge is 2.23. The first kappa shape index (κ1) is 15.5. The van der Waals surface area contributed by atoms with Gasteiger partial charge in [0.15, 0.2) is 5.65 Å². The monoisotopic (exact) mass is 346 g/mol. The molecule has 0 aromatic carbocycles. The maximum absolute atomic E-state index is 4.99. The lowest BCUT2D eigenvalue weighted by Crippen LogP contribution is -2.29. The SMILES string of the molecule is CN1CCC(c2nc3c(-c4cn(C)c5cnccc45)ccnc3[nH]2)CC1. The van der Waals surface area contributed by atoms with Crippen molar-refractivity contribution in [2.75, 3.05) is 20.1 Å². The van der Waals surface area contributed by atoms with Crippen LogP contribution in [0.25, 0.3) is 33.2 Å². The van der Waals surface area contributed by atoms with Gasteiger partial charge in [0.05, 0.1) is 11.7 Å². The van der Waals surface area contributed by atoms with Crippen LogP contribution < -0.4 is 0 Å². The molecular formula is C20H22N6. The van der Waals surface area contributed by atoms with Gasteiger partial charge in [-0.05, 0) is 45.1 Å². The molecule has 1 saturated heterocycles. The minimum absolute atomic E-state index is 0.491. The highest BCUT2D eigenvalue weighted by molar-refractivity contribution is 6.02. The van der Waals surface area contributed by atoms with Gasteiger partial charge in [-0.3, -0.25) is 4.98 Å². The lowest BCUT2D eigenvalue weighted by Gasteiger charge is -2.27. The number of H-pyrrole nitrogens is 1. The molecule has 0 saturated carbocycles. The van der Waals surface area contributed by atoms with Crippen LogP contribution in [0.15, 0.2) is 36.9 Å². The molecule has 26 heavy (non-hydrogen) atoms. The van der Waals surface area contributed by atoms with Gasteiger partial charge < -0.3 is 14.5 Å². The lowest BCUT2D eigenvalue weighted by molar-refractivity contribution is 0.252. The predicted molar refractivity (Wildman–Crippen MR) is 103 cm³/mol. The van der Waals surface area contributed by atoms with Crippen molar-refractivity contribution in [3.63, 3.8) is 0 Å². The van der Waals surface area contributed by atoms with Crippen LogP contribution in [0.5, 0.6) is 0 Å². The van der Waals surface area contributed by atoms with E-state index in [1.807, 2.05) is 18.6 Å². The third kappa shape index (κ3) is 2.41. The molecule has 5 heterocycles. The van der Waals surface area contributed by atoms with E-state index in [2.05, 4.69) is 56.8 Å². The molecule has 0 atom stereocenters. The number of pyridine rings is 2. The summed E-state index contributed by atoms with van der Waals surface area (Å²) in [6.45, 7) is 2.25. The number of nitrogens with one attached hydrogen (secondary N) is 1. The zero-order valence-electron chi connectivity index (χ0n) is 15.1. The zero-order chi connectivity index (χ0) is 17.7. The smallest absolute Gasteiger partial charge is 0.157 e. The number of aryl methyl sites for hydroxylation is 1. The molecular weight excluding hydrogens is 324 g/mol. The summed E-state index contributed by atoms with van der Waals surface area (Å²) >= 11 is 0. The van der Waals surface area contributed by atoms with E-state index in [1.54, 1.807) is 0 Å². The Bertz CT molecular complexity index is 1080. The fraction of sp³-hybridized carbons (Fsp3) is 0.350. The summed E-state index contributed by atoms with van der Waals surface area (Å²) in [7, 11) is 4.24. The summed E-state index contributed by atoms with van der Waals surface area (Å²) in [5, 5.41) is 1.19. The van der Waals surface area contributed by atoms with Crippen LogP contribution >= 0.6 is 0 Å². The van der Waals surface area contributed by atoms with Crippen LogP contribution in [-0.4, -0.2) is 49.5 Å². The Morgan fingerprint density at radius 1 is 1.08 bits per heavy atom. The Morgan fingerprint density at radius 2 is 1.92 bits per heavy atom. The van der Waals surface area contributed by atoms with Gasteiger partial charge in [0.1, 0.15) is 11.3 Å². The van der Waals surface area contributed by atoms with Gasteiger partial charge in [-0.2, -0.15) is 0 Å². The number of rotatable bonds is 2. The molecule has 132 valence electrons. The van der Waals surface area contributed by atoms with Gasteiger partial charge in [-0.25, -0.2) is 9.97 Å². The first-order chi connectivity index (χ1) is 12.7. The minimum atomic E-state index is 0.491. The van der Waals surface area contributed by atoms with Crippen molar-refractivity contribution in [1.82, 2.24) is 29.4 Å². The van der Waals surface area contributed by atoms with Gasteiger partial charge in [0.2, 0.25) is 0 Å². The predicted octanol–water partition coefficient (Wildman–Crippen LogP) is 3.32. The van der Waals surface area contributed by atoms with E-state index in [0.29, 0.717) is 5.92 Å². The van der Waals surface area contributed by atoms with Gasteiger partial charge in [-0.15, -0.1) is 0 Å². The average molecular weight is 346 g/mol. The molecule has 6 nitrogen and oxygen atoms in total. The second kappa shape index (κ2) is 5.92. The molecule has 1 aliphatic rings. The second-order valence-corrected chi connectivity index (χ2v) is 7.30. The minimum Gasteiger partial charge on any atom is -0.349 e. The zero-order valence-corrected chi connectivity index (χ0v) is 15.1. The standard InChI is InChI=1S/C20H22N6/c1-25-9-5-13(6-10-25)19-23-18-15(4-8-22-20(18)24-19)16-12-26(2)17-11-21-7-3-14(16)17/h3-4,7-8,11-13H,5-6,9-10H2,1-2H3,(H,22,23,24). The number of piperidine rings is 1. The number of imidazole rings is 1. The molecule has 0 radical (unpaired) electrons. The van der Waals surface area contributed by atoms with Crippen LogP contribution in [0, 0.1) is 0 Å². The Kier molecular flexibility index (Phi) is 3.53. The van der Waals surface area contributed by atoms with E-state index in [4.69, 9.17) is 4.98 Å².